The maximum atomic E-state index is 12.4. The zero-order chi connectivity index (χ0) is 18.5. The molecule has 1 N–H and O–H groups in total. The predicted octanol–water partition coefficient (Wildman–Crippen LogP) is 4.45. The number of rotatable bonds is 8. The van der Waals surface area contributed by atoms with Crippen LogP contribution in [0.25, 0.3) is 10.6 Å². The molecule has 0 bridgehead atoms. The Morgan fingerprint density at radius 2 is 1.93 bits per heavy atom. The number of hydrogen-bond donors (Lipinski definition) is 1. The van der Waals surface area contributed by atoms with Crippen LogP contribution in [-0.2, 0) is 11.2 Å². The van der Waals surface area contributed by atoms with Gasteiger partial charge in [0.25, 0.3) is 0 Å². The monoisotopic (exact) mass is 377 g/mol. The average Bonchev–Trinajstić information content (AvgIpc) is 3.45. The van der Waals surface area contributed by atoms with Crippen LogP contribution in [-0.4, -0.2) is 22.4 Å². The van der Waals surface area contributed by atoms with E-state index in [-0.39, 0.29) is 5.91 Å². The number of nitrogens with one attached hydrogen (secondary N) is 1. The van der Waals surface area contributed by atoms with E-state index >= 15 is 0 Å². The van der Waals surface area contributed by atoms with Crippen LogP contribution in [0.3, 0.4) is 0 Å². The van der Waals surface area contributed by atoms with Gasteiger partial charge in [0.1, 0.15) is 5.01 Å². The lowest BCUT2D eigenvalue weighted by atomic mass is 9.91. The average molecular weight is 378 g/mol. The Morgan fingerprint density at radius 3 is 2.67 bits per heavy atom. The lowest BCUT2D eigenvalue weighted by Crippen LogP contribution is -2.27. The molecule has 1 fully saturated rings. The fourth-order valence-electron chi connectivity index (χ4n) is 3.41. The van der Waals surface area contributed by atoms with Crippen molar-refractivity contribution in [2.45, 2.75) is 31.6 Å². The Bertz CT molecular complexity index is 875. The summed E-state index contributed by atoms with van der Waals surface area (Å²) in [5.41, 5.74) is 3.39. The molecule has 2 heterocycles. The van der Waals surface area contributed by atoms with E-state index in [1.165, 1.54) is 18.4 Å². The molecule has 2 aromatic heterocycles. The van der Waals surface area contributed by atoms with Gasteiger partial charge in [-0.25, -0.2) is 4.98 Å². The molecule has 1 saturated carbocycles. The van der Waals surface area contributed by atoms with E-state index in [0.717, 1.165) is 22.7 Å². The van der Waals surface area contributed by atoms with E-state index in [1.807, 2.05) is 18.2 Å². The van der Waals surface area contributed by atoms with Crippen LogP contribution in [0.2, 0.25) is 0 Å². The maximum absolute atomic E-state index is 12.4. The number of amides is 1. The highest BCUT2D eigenvalue weighted by atomic mass is 32.1. The van der Waals surface area contributed by atoms with Gasteiger partial charge in [0.2, 0.25) is 5.91 Å². The van der Waals surface area contributed by atoms with Crippen LogP contribution in [0, 0.1) is 5.92 Å². The summed E-state index contributed by atoms with van der Waals surface area (Å²) in [5, 5.41) is 6.14. The topological polar surface area (TPSA) is 54.9 Å². The van der Waals surface area contributed by atoms with Crippen LogP contribution < -0.4 is 5.32 Å². The molecule has 1 aromatic carbocycles. The summed E-state index contributed by atoms with van der Waals surface area (Å²) in [6.45, 7) is 0.629. The molecule has 1 aliphatic rings. The molecule has 1 unspecified atom stereocenters. The highest BCUT2D eigenvalue weighted by molar-refractivity contribution is 7.13. The summed E-state index contributed by atoms with van der Waals surface area (Å²) < 4.78 is 0. The Hall–Kier alpha value is -2.53. The van der Waals surface area contributed by atoms with Gasteiger partial charge in [0, 0.05) is 42.7 Å². The first-order chi connectivity index (χ1) is 13.3. The molecule has 4 rings (SSSR count). The predicted molar refractivity (Wildman–Crippen MR) is 109 cm³/mol. The van der Waals surface area contributed by atoms with Gasteiger partial charge in [-0.15, -0.1) is 11.3 Å². The van der Waals surface area contributed by atoms with Crippen molar-refractivity contribution in [1.29, 1.82) is 0 Å². The Kier molecular flexibility index (Phi) is 5.58. The van der Waals surface area contributed by atoms with Crippen molar-refractivity contribution in [3.63, 3.8) is 0 Å². The fourth-order valence-corrected chi connectivity index (χ4v) is 4.27. The number of carbonyl (C=O) groups is 1. The fraction of sp³-hybridized carbons (Fsp3) is 0.318. The molecule has 5 heteroatoms. The van der Waals surface area contributed by atoms with Crippen molar-refractivity contribution >= 4 is 17.2 Å². The van der Waals surface area contributed by atoms with E-state index in [1.54, 1.807) is 23.7 Å². The van der Waals surface area contributed by atoms with Crippen LogP contribution in [0.4, 0.5) is 0 Å². The van der Waals surface area contributed by atoms with Crippen LogP contribution in [0.15, 0.2) is 60.2 Å². The summed E-state index contributed by atoms with van der Waals surface area (Å²) in [6, 6.07) is 14.4. The molecular formula is C22H23N3OS. The highest BCUT2D eigenvalue weighted by Gasteiger charge is 2.33. The van der Waals surface area contributed by atoms with E-state index in [2.05, 4.69) is 44.9 Å². The lowest BCUT2D eigenvalue weighted by molar-refractivity contribution is -0.121. The smallest absolute Gasteiger partial charge is 0.220 e. The summed E-state index contributed by atoms with van der Waals surface area (Å²) in [4.78, 5) is 21.1. The van der Waals surface area contributed by atoms with Crippen LogP contribution in [0.1, 0.15) is 36.4 Å². The van der Waals surface area contributed by atoms with Gasteiger partial charge in [-0.05, 0) is 42.4 Å². The standard InChI is InChI=1S/C22H23N3OS/c26-21(14-20(17-6-7-17)16-4-2-1-3-5-16)24-13-10-19-15-27-22(25-19)18-8-11-23-12-9-18/h1-5,8-9,11-12,15,17,20H,6-7,10,13-14H2,(H,24,26). The zero-order valence-electron chi connectivity index (χ0n) is 15.2. The van der Waals surface area contributed by atoms with Gasteiger partial charge >= 0.3 is 0 Å². The van der Waals surface area contributed by atoms with Crippen LogP contribution >= 0.6 is 11.3 Å². The quantitative estimate of drug-likeness (QED) is 0.631. The Balaban J connectivity index is 1.28. The molecule has 0 saturated heterocycles. The summed E-state index contributed by atoms with van der Waals surface area (Å²) in [7, 11) is 0. The van der Waals surface area contributed by atoms with E-state index in [0.29, 0.717) is 24.8 Å². The molecule has 1 amide bonds. The highest BCUT2D eigenvalue weighted by Crippen LogP contribution is 2.44. The molecule has 3 aromatic rings. The molecular weight excluding hydrogens is 354 g/mol. The third-order valence-corrected chi connectivity index (χ3v) is 5.95. The minimum absolute atomic E-state index is 0.139. The number of nitrogens with zero attached hydrogens (tertiary/aromatic N) is 2. The third kappa shape index (κ3) is 4.80. The van der Waals surface area contributed by atoms with Crippen molar-refractivity contribution < 1.29 is 4.79 Å². The number of thiazole rings is 1. The summed E-state index contributed by atoms with van der Waals surface area (Å²) in [5.74, 6) is 1.16. The molecule has 0 spiro atoms. The first-order valence-corrected chi connectivity index (χ1v) is 10.3. The molecule has 27 heavy (non-hydrogen) atoms. The molecule has 1 aliphatic carbocycles. The molecule has 1 atom stereocenters. The first kappa shape index (κ1) is 17.9. The van der Waals surface area contributed by atoms with Crippen molar-refractivity contribution in [2.75, 3.05) is 6.54 Å². The maximum Gasteiger partial charge on any atom is 0.220 e. The lowest BCUT2D eigenvalue weighted by Gasteiger charge is -2.16. The SMILES string of the molecule is O=C(CC(c1ccccc1)C1CC1)NCCc1csc(-c2ccncc2)n1. The summed E-state index contributed by atoms with van der Waals surface area (Å²) in [6.07, 6.45) is 7.37. The van der Waals surface area contributed by atoms with Gasteiger partial charge in [-0.3, -0.25) is 9.78 Å². The molecule has 0 aliphatic heterocycles. The number of hydrogen-bond acceptors (Lipinski definition) is 4. The van der Waals surface area contributed by atoms with Crippen molar-refractivity contribution in [2.24, 2.45) is 5.92 Å². The van der Waals surface area contributed by atoms with Gasteiger partial charge < -0.3 is 5.32 Å². The summed E-state index contributed by atoms with van der Waals surface area (Å²) >= 11 is 1.63. The zero-order valence-corrected chi connectivity index (χ0v) is 16.0. The van der Waals surface area contributed by atoms with E-state index in [4.69, 9.17) is 0 Å². The van der Waals surface area contributed by atoms with Gasteiger partial charge in [0.05, 0.1) is 5.69 Å². The van der Waals surface area contributed by atoms with Crippen LogP contribution in [0.5, 0.6) is 0 Å². The molecule has 0 radical (unpaired) electrons. The number of carbonyl (C=O) groups excluding carboxylic acids is 1. The Labute approximate surface area is 163 Å². The minimum atomic E-state index is 0.139. The van der Waals surface area contributed by atoms with Crippen molar-refractivity contribution in [3.8, 4) is 10.6 Å². The normalized spacial score (nSPS) is 14.7. The Morgan fingerprint density at radius 1 is 1.15 bits per heavy atom. The van der Waals surface area contributed by atoms with E-state index < -0.39 is 0 Å². The van der Waals surface area contributed by atoms with E-state index in [9.17, 15) is 4.79 Å². The number of aromatic nitrogens is 2. The molecule has 138 valence electrons. The third-order valence-electron chi connectivity index (χ3n) is 5.01. The second-order valence-electron chi connectivity index (χ2n) is 7.04. The largest absolute Gasteiger partial charge is 0.356 e. The first-order valence-electron chi connectivity index (χ1n) is 9.46. The van der Waals surface area contributed by atoms with Gasteiger partial charge in [-0.2, -0.15) is 0 Å². The van der Waals surface area contributed by atoms with Crippen molar-refractivity contribution in [3.05, 3.63) is 71.5 Å². The van der Waals surface area contributed by atoms with Crippen molar-refractivity contribution in [1.82, 2.24) is 15.3 Å². The van der Waals surface area contributed by atoms with Gasteiger partial charge in [-0.1, -0.05) is 30.3 Å². The minimum Gasteiger partial charge on any atom is -0.356 e. The molecule has 4 nitrogen and oxygen atoms in total. The second-order valence-corrected chi connectivity index (χ2v) is 7.90. The van der Waals surface area contributed by atoms with Gasteiger partial charge in [0.15, 0.2) is 0 Å². The number of benzene rings is 1. The number of pyridine rings is 1. The second kappa shape index (κ2) is 8.44.